The minimum absolute atomic E-state index is 0.167. The van der Waals surface area contributed by atoms with Crippen LogP contribution in [0.4, 0.5) is 14.9 Å². The molecule has 1 aliphatic heterocycles. The van der Waals surface area contributed by atoms with Crippen LogP contribution in [0.2, 0.25) is 0 Å². The highest BCUT2D eigenvalue weighted by Gasteiger charge is 2.31. The quantitative estimate of drug-likeness (QED) is 0.765. The van der Waals surface area contributed by atoms with Crippen LogP contribution in [0.25, 0.3) is 0 Å². The van der Waals surface area contributed by atoms with Crippen molar-refractivity contribution < 1.29 is 18.7 Å². The molecule has 1 heterocycles. The second-order valence-electron chi connectivity index (χ2n) is 3.73. The van der Waals surface area contributed by atoms with E-state index in [0.29, 0.717) is 5.69 Å². The minimum atomic E-state index is -0.869. The van der Waals surface area contributed by atoms with Crippen molar-refractivity contribution in [2.24, 2.45) is 0 Å². The Bertz CT molecular complexity index is 492. The van der Waals surface area contributed by atoms with E-state index in [1.165, 1.54) is 17.0 Å². The number of hydrogen-bond donors (Lipinski definition) is 0. The maximum Gasteiger partial charge on any atom is 0.414 e. The molecule has 0 aliphatic carbocycles. The summed E-state index contributed by atoms with van der Waals surface area (Å²) in [4.78, 5) is 23.6. The van der Waals surface area contributed by atoms with E-state index in [-0.39, 0.29) is 18.2 Å². The van der Waals surface area contributed by atoms with E-state index in [9.17, 15) is 14.0 Å². The molecule has 1 fully saturated rings. The van der Waals surface area contributed by atoms with E-state index in [0.717, 1.165) is 6.07 Å². The zero-order chi connectivity index (χ0) is 12.6. The molecule has 17 heavy (non-hydrogen) atoms. The van der Waals surface area contributed by atoms with Crippen molar-refractivity contribution in [2.75, 3.05) is 11.5 Å². The molecule has 1 atom stereocenters. The Morgan fingerprint density at radius 3 is 2.76 bits per heavy atom. The first-order valence-corrected chi connectivity index (χ1v) is 5.34. The topological polar surface area (TPSA) is 46.6 Å². The first-order chi connectivity index (χ1) is 8.00. The lowest BCUT2D eigenvalue weighted by molar-refractivity contribution is 0.107. The third-order valence-electron chi connectivity index (χ3n) is 2.53. The summed E-state index contributed by atoms with van der Waals surface area (Å²) < 4.78 is 18.3. The van der Waals surface area contributed by atoms with Crippen LogP contribution in [-0.2, 0) is 4.74 Å². The Morgan fingerprint density at radius 1 is 1.59 bits per heavy atom. The lowest BCUT2D eigenvalue weighted by atomic mass is 10.2. The summed E-state index contributed by atoms with van der Waals surface area (Å²) in [6.07, 6.45) is -0.526. The summed E-state index contributed by atoms with van der Waals surface area (Å²) in [5.74, 6) is -0.755. The van der Waals surface area contributed by atoms with Gasteiger partial charge in [0.1, 0.15) is 12.4 Å². The van der Waals surface area contributed by atoms with Crippen LogP contribution in [-0.4, -0.2) is 24.0 Å². The molecule has 2 rings (SSSR count). The Kier molecular flexibility index (Phi) is 3.02. The molecular formula is C11H9ClFNO3. The first-order valence-electron chi connectivity index (χ1n) is 4.96. The highest BCUT2D eigenvalue weighted by molar-refractivity contribution is 6.67. The van der Waals surface area contributed by atoms with Crippen LogP contribution in [0.3, 0.4) is 0 Å². The Hall–Kier alpha value is -1.62. The van der Waals surface area contributed by atoms with Crippen LogP contribution in [0, 0.1) is 5.82 Å². The third-order valence-corrected chi connectivity index (χ3v) is 2.73. The Labute approximate surface area is 102 Å². The first kappa shape index (κ1) is 11.9. The van der Waals surface area contributed by atoms with Crippen molar-refractivity contribution in [1.82, 2.24) is 0 Å². The van der Waals surface area contributed by atoms with Crippen LogP contribution >= 0.6 is 11.6 Å². The smallest absolute Gasteiger partial charge is 0.414 e. The fraction of sp³-hybridized carbons (Fsp3) is 0.273. The number of amides is 1. The van der Waals surface area contributed by atoms with Gasteiger partial charge in [-0.25, -0.2) is 9.18 Å². The number of benzene rings is 1. The van der Waals surface area contributed by atoms with Crippen molar-refractivity contribution in [2.45, 2.75) is 13.0 Å². The molecule has 1 amide bonds. The lowest BCUT2D eigenvalue weighted by Crippen LogP contribution is -2.31. The molecule has 0 radical (unpaired) electrons. The van der Waals surface area contributed by atoms with Crippen molar-refractivity contribution >= 4 is 28.6 Å². The van der Waals surface area contributed by atoms with E-state index >= 15 is 0 Å². The second kappa shape index (κ2) is 4.33. The van der Waals surface area contributed by atoms with Crippen molar-refractivity contribution in [1.29, 1.82) is 0 Å². The van der Waals surface area contributed by atoms with Gasteiger partial charge in [0, 0.05) is 0 Å². The van der Waals surface area contributed by atoms with Crippen LogP contribution in [0.1, 0.15) is 17.3 Å². The molecule has 0 bridgehead atoms. The molecule has 0 saturated carbocycles. The van der Waals surface area contributed by atoms with Gasteiger partial charge in [0.25, 0.3) is 5.24 Å². The molecule has 90 valence electrons. The molecule has 1 aromatic carbocycles. The monoisotopic (exact) mass is 257 g/mol. The maximum absolute atomic E-state index is 13.5. The SMILES string of the molecule is CC1COC(=O)N1c1ccc(C(=O)Cl)c(F)c1. The summed E-state index contributed by atoms with van der Waals surface area (Å²) in [5, 5.41) is -0.869. The predicted molar refractivity (Wildman–Crippen MR) is 59.9 cm³/mol. The predicted octanol–water partition coefficient (Wildman–Crippen LogP) is 2.55. The number of hydrogen-bond acceptors (Lipinski definition) is 3. The average molecular weight is 258 g/mol. The van der Waals surface area contributed by atoms with Crippen LogP contribution in [0.15, 0.2) is 18.2 Å². The fourth-order valence-corrected chi connectivity index (χ4v) is 1.84. The minimum Gasteiger partial charge on any atom is -0.447 e. The van der Waals surface area contributed by atoms with E-state index in [2.05, 4.69) is 0 Å². The van der Waals surface area contributed by atoms with Crippen molar-refractivity contribution in [3.63, 3.8) is 0 Å². The van der Waals surface area contributed by atoms with E-state index in [1.807, 2.05) is 0 Å². The fourth-order valence-electron chi connectivity index (χ4n) is 1.69. The van der Waals surface area contributed by atoms with Gasteiger partial charge in [-0.1, -0.05) is 0 Å². The summed E-state index contributed by atoms with van der Waals surface area (Å²) in [7, 11) is 0. The molecule has 1 saturated heterocycles. The number of carbonyl (C=O) groups excluding carboxylic acids is 2. The van der Waals surface area contributed by atoms with Gasteiger partial charge in [-0.2, -0.15) is 0 Å². The largest absolute Gasteiger partial charge is 0.447 e. The molecule has 1 aromatic rings. The van der Waals surface area contributed by atoms with Gasteiger partial charge in [-0.3, -0.25) is 9.69 Å². The maximum atomic E-state index is 13.5. The number of halogens is 2. The second-order valence-corrected chi connectivity index (χ2v) is 4.08. The van der Waals surface area contributed by atoms with E-state index in [1.54, 1.807) is 6.92 Å². The standard InChI is InChI=1S/C11H9ClFNO3/c1-6-5-17-11(16)14(6)7-2-3-8(10(12)15)9(13)4-7/h2-4,6H,5H2,1H3. The number of ether oxygens (including phenoxy) is 1. The summed E-state index contributed by atoms with van der Waals surface area (Å²) in [5.41, 5.74) is 0.134. The van der Waals surface area contributed by atoms with Crippen molar-refractivity contribution in [3.05, 3.63) is 29.6 Å². The number of carbonyl (C=O) groups is 2. The molecular weight excluding hydrogens is 249 g/mol. The average Bonchev–Trinajstić information content (AvgIpc) is 2.58. The molecule has 0 N–H and O–H groups in total. The van der Waals surface area contributed by atoms with Gasteiger partial charge in [-0.05, 0) is 36.7 Å². The Morgan fingerprint density at radius 2 is 2.29 bits per heavy atom. The number of anilines is 1. The molecule has 6 heteroatoms. The van der Waals surface area contributed by atoms with E-state index in [4.69, 9.17) is 16.3 Å². The van der Waals surface area contributed by atoms with Gasteiger partial charge in [-0.15, -0.1) is 0 Å². The molecule has 4 nitrogen and oxygen atoms in total. The zero-order valence-electron chi connectivity index (χ0n) is 8.94. The van der Waals surface area contributed by atoms with Crippen LogP contribution < -0.4 is 4.90 Å². The number of nitrogens with zero attached hydrogens (tertiary/aromatic N) is 1. The molecule has 1 unspecified atom stereocenters. The van der Waals surface area contributed by atoms with Gasteiger partial charge >= 0.3 is 6.09 Å². The lowest BCUT2D eigenvalue weighted by Gasteiger charge is -2.18. The summed E-state index contributed by atoms with van der Waals surface area (Å²) >= 11 is 5.19. The zero-order valence-corrected chi connectivity index (χ0v) is 9.70. The van der Waals surface area contributed by atoms with E-state index < -0.39 is 17.2 Å². The highest BCUT2D eigenvalue weighted by Crippen LogP contribution is 2.25. The van der Waals surface area contributed by atoms with Crippen molar-refractivity contribution in [3.8, 4) is 0 Å². The Balaban J connectivity index is 2.38. The molecule has 1 aliphatic rings. The molecule has 0 spiro atoms. The summed E-state index contributed by atoms with van der Waals surface area (Å²) in [6.45, 7) is 2.04. The molecule has 0 aromatic heterocycles. The normalized spacial score (nSPS) is 19.4. The number of cyclic esters (lactones) is 1. The van der Waals surface area contributed by atoms with Gasteiger partial charge in [0.2, 0.25) is 0 Å². The van der Waals surface area contributed by atoms with Gasteiger partial charge < -0.3 is 4.74 Å². The number of rotatable bonds is 2. The van der Waals surface area contributed by atoms with Crippen LogP contribution in [0.5, 0.6) is 0 Å². The highest BCUT2D eigenvalue weighted by atomic mass is 35.5. The summed E-state index contributed by atoms with van der Waals surface area (Å²) in [6, 6.07) is 3.64. The third kappa shape index (κ3) is 2.10. The van der Waals surface area contributed by atoms with Gasteiger partial charge in [0.05, 0.1) is 17.3 Å². The van der Waals surface area contributed by atoms with Gasteiger partial charge in [0.15, 0.2) is 0 Å².